The third kappa shape index (κ3) is 6.73. The summed E-state index contributed by atoms with van der Waals surface area (Å²) in [6, 6.07) is 28.8. The van der Waals surface area contributed by atoms with E-state index in [0.717, 1.165) is 47.7 Å². The lowest BCUT2D eigenvalue weighted by Crippen LogP contribution is -2.29. The number of esters is 1. The van der Waals surface area contributed by atoms with Gasteiger partial charge >= 0.3 is 18.2 Å². The first-order valence-electron chi connectivity index (χ1n) is 15.3. The van der Waals surface area contributed by atoms with Crippen molar-refractivity contribution in [2.45, 2.75) is 38.2 Å². The van der Waals surface area contributed by atoms with Crippen LogP contribution in [0.2, 0.25) is 0 Å². The summed E-state index contributed by atoms with van der Waals surface area (Å²) in [6.45, 7) is 0. The number of aromatic nitrogens is 1. The molecule has 46 heavy (non-hydrogen) atoms. The highest BCUT2D eigenvalue weighted by Gasteiger charge is 2.24. The van der Waals surface area contributed by atoms with Gasteiger partial charge in [0.15, 0.2) is 0 Å². The second kappa shape index (κ2) is 13.6. The highest BCUT2D eigenvalue weighted by atomic mass is 16.6. The Labute approximate surface area is 267 Å². The van der Waals surface area contributed by atoms with E-state index in [1.807, 2.05) is 72.4 Å². The maximum Gasteiger partial charge on any atom is 0.426 e. The lowest BCUT2D eigenvalue weighted by molar-refractivity contribution is 0.0637. The van der Waals surface area contributed by atoms with Gasteiger partial charge in [-0.15, -0.1) is 0 Å². The van der Waals surface area contributed by atoms with Crippen LogP contribution in [-0.2, 0) is 22.9 Å². The molecule has 4 aromatic carbocycles. The van der Waals surface area contributed by atoms with Crippen LogP contribution in [0.4, 0.5) is 26.7 Å². The lowest BCUT2D eigenvalue weighted by Gasteiger charge is -2.21. The molecular formula is C37H35N3O6. The maximum absolute atomic E-state index is 13.3. The number of hydrogen-bond acceptors (Lipinski definition) is 6. The fourth-order valence-electron chi connectivity index (χ4n) is 5.92. The van der Waals surface area contributed by atoms with Crippen LogP contribution in [-0.4, -0.2) is 35.9 Å². The Hall–Kier alpha value is -5.57. The Morgan fingerprint density at radius 3 is 2.17 bits per heavy atom. The van der Waals surface area contributed by atoms with Crippen LogP contribution < -0.4 is 15.0 Å². The van der Waals surface area contributed by atoms with Crippen molar-refractivity contribution >= 4 is 46.1 Å². The molecular weight excluding hydrogens is 582 g/mol. The molecule has 1 fully saturated rings. The van der Waals surface area contributed by atoms with E-state index in [4.69, 9.17) is 14.2 Å². The van der Waals surface area contributed by atoms with E-state index in [1.165, 1.54) is 12.0 Å². The number of aryl methyl sites for hydroxylation is 1. The van der Waals surface area contributed by atoms with Crippen molar-refractivity contribution in [3.05, 3.63) is 120 Å². The predicted octanol–water partition coefficient (Wildman–Crippen LogP) is 8.38. The minimum atomic E-state index is -0.822. The third-order valence-corrected chi connectivity index (χ3v) is 8.19. The van der Waals surface area contributed by atoms with Gasteiger partial charge in [0.2, 0.25) is 0 Å². The first-order chi connectivity index (χ1) is 22.4. The molecule has 2 amide bonds. The number of nitrogens with one attached hydrogen (secondary N) is 1. The molecule has 1 aromatic heterocycles. The van der Waals surface area contributed by atoms with Gasteiger partial charge in [-0.1, -0.05) is 42.5 Å². The lowest BCUT2D eigenvalue weighted by atomic mass is 10.0. The number of methoxy groups -OCH3 is 1. The van der Waals surface area contributed by atoms with Gasteiger partial charge in [-0.2, -0.15) is 0 Å². The zero-order chi connectivity index (χ0) is 32.0. The molecule has 9 nitrogen and oxygen atoms in total. The van der Waals surface area contributed by atoms with E-state index >= 15 is 0 Å². The third-order valence-electron chi connectivity index (χ3n) is 8.19. The zero-order valence-electron chi connectivity index (χ0n) is 25.8. The van der Waals surface area contributed by atoms with Crippen molar-refractivity contribution in [1.29, 1.82) is 0 Å². The van der Waals surface area contributed by atoms with E-state index in [0.29, 0.717) is 29.2 Å². The summed E-state index contributed by atoms with van der Waals surface area (Å²) in [4.78, 5) is 40.3. The quantitative estimate of drug-likeness (QED) is 0.139. The molecule has 1 N–H and O–H groups in total. The molecule has 0 aliphatic heterocycles. The number of hydrogen-bond donors (Lipinski definition) is 1. The van der Waals surface area contributed by atoms with Crippen LogP contribution in [0.3, 0.4) is 0 Å². The van der Waals surface area contributed by atoms with E-state index in [-0.39, 0.29) is 11.7 Å². The molecule has 5 aromatic rings. The van der Waals surface area contributed by atoms with Gasteiger partial charge in [-0.25, -0.2) is 19.3 Å². The Bertz CT molecular complexity index is 1820. The van der Waals surface area contributed by atoms with E-state index in [9.17, 15) is 14.4 Å². The number of para-hydroxylation sites is 2. The van der Waals surface area contributed by atoms with Gasteiger partial charge in [0.25, 0.3) is 0 Å². The number of ether oxygens (including phenoxy) is 3. The molecule has 1 heterocycles. The molecule has 9 heteroatoms. The predicted molar refractivity (Wildman–Crippen MR) is 177 cm³/mol. The molecule has 0 radical (unpaired) electrons. The number of anilines is 3. The van der Waals surface area contributed by atoms with Crippen molar-refractivity contribution in [2.75, 3.05) is 17.3 Å². The Morgan fingerprint density at radius 1 is 0.848 bits per heavy atom. The molecule has 0 spiro atoms. The molecule has 6 rings (SSSR count). The van der Waals surface area contributed by atoms with Crippen LogP contribution in [0.5, 0.6) is 5.75 Å². The highest BCUT2D eigenvalue weighted by molar-refractivity contribution is 6.05. The average Bonchev–Trinajstić information content (AvgIpc) is 3.69. The molecule has 0 atom stereocenters. The Morgan fingerprint density at radius 2 is 1.52 bits per heavy atom. The molecule has 1 aliphatic rings. The normalized spacial score (nSPS) is 12.9. The van der Waals surface area contributed by atoms with Gasteiger partial charge in [0, 0.05) is 36.3 Å². The van der Waals surface area contributed by atoms with E-state index in [2.05, 4.69) is 5.32 Å². The van der Waals surface area contributed by atoms with Gasteiger partial charge in [-0.05, 0) is 91.4 Å². The number of carbonyl (C=O) groups is 3. The second-order valence-corrected chi connectivity index (χ2v) is 11.3. The summed E-state index contributed by atoms with van der Waals surface area (Å²) < 4.78 is 18.6. The van der Waals surface area contributed by atoms with Crippen LogP contribution in [0.1, 0.15) is 47.2 Å². The number of fused-ring (bicyclic) bond motifs is 1. The Balaban J connectivity index is 1.19. The van der Waals surface area contributed by atoms with Gasteiger partial charge in [-0.3, -0.25) is 5.32 Å². The molecule has 1 saturated carbocycles. The zero-order valence-corrected chi connectivity index (χ0v) is 25.8. The highest BCUT2D eigenvalue weighted by Crippen LogP contribution is 2.31. The largest absolute Gasteiger partial charge is 0.496 e. The maximum atomic E-state index is 13.3. The number of amides is 2. The summed E-state index contributed by atoms with van der Waals surface area (Å²) >= 11 is 0. The number of rotatable bonds is 8. The molecule has 1 aliphatic carbocycles. The summed E-state index contributed by atoms with van der Waals surface area (Å²) in [7, 11) is 3.50. The number of nitrogens with zero attached hydrogens (tertiary/aromatic N) is 2. The van der Waals surface area contributed by atoms with Crippen molar-refractivity contribution in [1.82, 2.24) is 4.57 Å². The van der Waals surface area contributed by atoms with Crippen LogP contribution in [0.25, 0.3) is 10.9 Å². The van der Waals surface area contributed by atoms with Crippen molar-refractivity contribution < 1.29 is 28.6 Å². The second-order valence-electron chi connectivity index (χ2n) is 11.3. The van der Waals surface area contributed by atoms with Crippen molar-refractivity contribution in [3.8, 4) is 5.75 Å². The van der Waals surface area contributed by atoms with Crippen molar-refractivity contribution in [3.63, 3.8) is 0 Å². The summed E-state index contributed by atoms with van der Waals surface area (Å²) in [5.41, 5.74) is 4.82. The van der Waals surface area contributed by atoms with Gasteiger partial charge < -0.3 is 18.8 Å². The van der Waals surface area contributed by atoms with Crippen LogP contribution >= 0.6 is 0 Å². The van der Waals surface area contributed by atoms with Crippen LogP contribution in [0.15, 0.2) is 103 Å². The summed E-state index contributed by atoms with van der Waals surface area (Å²) in [6.07, 6.45) is 5.24. The summed E-state index contributed by atoms with van der Waals surface area (Å²) in [5, 5.41) is 3.84. The molecule has 0 saturated heterocycles. The molecule has 0 bridgehead atoms. The fraction of sp³-hybridized carbons (Fsp3) is 0.216. The van der Waals surface area contributed by atoms with Crippen LogP contribution in [0, 0.1) is 0 Å². The minimum Gasteiger partial charge on any atom is -0.496 e. The first kappa shape index (κ1) is 30.5. The summed E-state index contributed by atoms with van der Waals surface area (Å²) in [5.74, 6) is -0.312. The topological polar surface area (TPSA) is 99.1 Å². The van der Waals surface area contributed by atoms with Crippen molar-refractivity contribution in [2.24, 2.45) is 7.05 Å². The Kier molecular flexibility index (Phi) is 9.01. The standard InChI is InChI=1S/C37H35N3O6/c1-39-24-27(32-23-28(19-20-33(32)39)38-36(42)45-31-15-9-10-16-31)21-25-17-18-26(22-34(25)44-2)35(41)46-37(43)40(29-11-5-3-6-12-29)30-13-7-4-8-14-30/h3-8,11-14,17-20,22-24,31H,9-10,15-16,21H2,1-2H3,(H,38,42). The first-order valence-corrected chi connectivity index (χ1v) is 15.3. The average molecular weight is 618 g/mol. The molecule has 0 unspecified atom stereocenters. The number of carbonyl (C=O) groups excluding carboxylic acids is 3. The number of benzene rings is 4. The van der Waals surface area contributed by atoms with E-state index in [1.54, 1.807) is 42.5 Å². The van der Waals surface area contributed by atoms with Gasteiger partial charge in [0.05, 0.1) is 24.0 Å². The minimum absolute atomic E-state index is 0.0199. The van der Waals surface area contributed by atoms with Gasteiger partial charge in [0.1, 0.15) is 11.9 Å². The smallest absolute Gasteiger partial charge is 0.426 e. The fourth-order valence-corrected chi connectivity index (χ4v) is 5.92. The molecule has 234 valence electrons. The van der Waals surface area contributed by atoms with E-state index < -0.39 is 18.2 Å². The SMILES string of the molecule is COc1cc(C(=O)OC(=O)N(c2ccccc2)c2ccccc2)ccc1Cc1cn(C)c2ccc(NC(=O)OC3CCCC3)cc12. The monoisotopic (exact) mass is 617 g/mol.